The molecule has 5 heteroatoms. The predicted octanol–water partition coefficient (Wildman–Crippen LogP) is 1.98. The van der Waals surface area contributed by atoms with E-state index in [1.165, 1.54) is 6.07 Å². The van der Waals surface area contributed by atoms with Gasteiger partial charge in [-0.3, -0.25) is 9.59 Å². The Morgan fingerprint density at radius 1 is 1.26 bits per heavy atom. The second-order valence-corrected chi connectivity index (χ2v) is 4.91. The summed E-state index contributed by atoms with van der Waals surface area (Å²) in [6.45, 7) is 3.48. The molecule has 0 bridgehead atoms. The fourth-order valence-electron chi connectivity index (χ4n) is 2.38. The molecule has 2 amide bonds. The van der Waals surface area contributed by atoms with Gasteiger partial charge >= 0.3 is 5.97 Å². The molecule has 0 atom stereocenters. The second-order valence-electron chi connectivity index (χ2n) is 4.91. The Bertz CT molecular complexity index is 547. The van der Waals surface area contributed by atoms with Crippen molar-refractivity contribution in [1.82, 2.24) is 0 Å². The number of rotatable bonds is 2. The Morgan fingerprint density at radius 3 is 2.37 bits per heavy atom. The lowest BCUT2D eigenvalue weighted by molar-refractivity contribution is -0.130. The van der Waals surface area contributed by atoms with Crippen LogP contribution in [0, 0.1) is 12.8 Å². The summed E-state index contributed by atoms with van der Waals surface area (Å²) in [5, 5.41) is 9.25. The van der Waals surface area contributed by atoms with Crippen LogP contribution in [0.25, 0.3) is 0 Å². The van der Waals surface area contributed by atoms with Gasteiger partial charge in [0.2, 0.25) is 11.8 Å². The number of carbonyl (C=O) groups is 3. The number of piperidine rings is 1. The van der Waals surface area contributed by atoms with Crippen molar-refractivity contribution in [3.63, 3.8) is 0 Å². The number of hydrogen-bond donors (Lipinski definition) is 1. The van der Waals surface area contributed by atoms with Crippen LogP contribution in [0.4, 0.5) is 5.69 Å². The zero-order valence-electron chi connectivity index (χ0n) is 10.8. The zero-order valence-corrected chi connectivity index (χ0v) is 10.8. The minimum Gasteiger partial charge on any atom is -0.478 e. The van der Waals surface area contributed by atoms with Crippen LogP contribution in [0.15, 0.2) is 18.2 Å². The van der Waals surface area contributed by atoms with Crippen LogP contribution in [-0.4, -0.2) is 22.9 Å². The van der Waals surface area contributed by atoms with Crippen molar-refractivity contribution in [2.75, 3.05) is 4.90 Å². The maximum Gasteiger partial charge on any atom is 0.338 e. The van der Waals surface area contributed by atoms with Crippen LogP contribution in [0.1, 0.15) is 35.7 Å². The van der Waals surface area contributed by atoms with Crippen LogP contribution < -0.4 is 4.90 Å². The van der Waals surface area contributed by atoms with Crippen LogP contribution >= 0.6 is 0 Å². The van der Waals surface area contributed by atoms with Gasteiger partial charge in [0.1, 0.15) is 0 Å². The highest BCUT2D eigenvalue weighted by Gasteiger charge is 2.34. The molecule has 5 nitrogen and oxygen atoms in total. The molecule has 1 aliphatic rings. The van der Waals surface area contributed by atoms with Gasteiger partial charge in [0.05, 0.1) is 11.3 Å². The van der Waals surface area contributed by atoms with Gasteiger partial charge in [-0.05, 0) is 24.5 Å². The third-order valence-corrected chi connectivity index (χ3v) is 3.25. The molecule has 2 rings (SSSR count). The van der Waals surface area contributed by atoms with Gasteiger partial charge in [0.15, 0.2) is 0 Å². The smallest absolute Gasteiger partial charge is 0.338 e. The van der Waals surface area contributed by atoms with E-state index in [-0.39, 0.29) is 41.8 Å². The molecule has 0 spiro atoms. The highest BCUT2D eigenvalue weighted by molar-refractivity contribution is 6.19. The van der Waals surface area contributed by atoms with Crippen molar-refractivity contribution >= 4 is 23.5 Å². The van der Waals surface area contributed by atoms with E-state index in [9.17, 15) is 19.5 Å². The van der Waals surface area contributed by atoms with Gasteiger partial charge in [-0.2, -0.15) is 0 Å². The quantitative estimate of drug-likeness (QED) is 0.826. The number of benzene rings is 1. The van der Waals surface area contributed by atoms with Crippen molar-refractivity contribution in [2.45, 2.75) is 26.7 Å². The van der Waals surface area contributed by atoms with Crippen molar-refractivity contribution in [3.05, 3.63) is 29.3 Å². The first-order valence-corrected chi connectivity index (χ1v) is 6.10. The summed E-state index contributed by atoms with van der Waals surface area (Å²) in [4.78, 5) is 36.4. The molecule has 1 saturated heterocycles. The zero-order chi connectivity index (χ0) is 14.2. The Balaban J connectivity index is 2.53. The third kappa shape index (κ3) is 2.36. The second kappa shape index (κ2) is 4.84. The lowest BCUT2D eigenvalue weighted by Crippen LogP contribution is -2.43. The fraction of sp³-hybridized carbons (Fsp3) is 0.357. The van der Waals surface area contributed by atoms with Crippen LogP contribution in [-0.2, 0) is 9.59 Å². The van der Waals surface area contributed by atoms with E-state index in [0.717, 1.165) is 4.90 Å². The lowest BCUT2D eigenvalue weighted by Gasteiger charge is -2.29. The van der Waals surface area contributed by atoms with Crippen LogP contribution in [0.5, 0.6) is 0 Å². The van der Waals surface area contributed by atoms with E-state index in [1.807, 2.05) is 6.92 Å². The number of nitrogens with zero attached hydrogens (tertiary/aromatic N) is 1. The molecule has 1 fully saturated rings. The number of carbonyl (C=O) groups excluding carboxylic acids is 2. The summed E-state index contributed by atoms with van der Waals surface area (Å²) >= 11 is 0. The van der Waals surface area contributed by atoms with E-state index in [4.69, 9.17) is 0 Å². The molecule has 1 heterocycles. The van der Waals surface area contributed by atoms with Crippen molar-refractivity contribution in [1.29, 1.82) is 0 Å². The number of amides is 2. The molecular formula is C14H15NO4. The molecule has 0 unspecified atom stereocenters. The summed E-state index contributed by atoms with van der Waals surface area (Å²) in [6.07, 6.45) is 0.525. The lowest BCUT2D eigenvalue weighted by atomic mass is 9.96. The van der Waals surface area contributed by atoms with E-state index in [2.05, 4.69) is 0 Å². The van der Waals surface area contributed by atoms with E-state index < -0.39 is 5.97 Å². The Hall–Kier alpha value is -2.17. The minimum atomic E-state index is -1.13. The maximum absolute atomic E-state index is 12.0. The number of aryl methyl sites for hydroxylation is 1. The molecular weight excluding hydrogens is 246 g/mol. The Morgan fingerprint density at radius 2 is 1.84 bits per heavy atom. The maximum atomic E-state index is 12.0. The highest BCUT2D eigenvalue weighted by Crippen LogP contribution is 2.29. The molecule has 0 saturated carbocycles. The van der Waals surface area contributed by atoms with Crippen molar-refractivity contribution in [2.24, 2.45) is 5.92 Å². The monoisotopic (exact) mass is 261 g/mol. The van der Waals surface area contributed by atoms with E-state index in [0.29, 0.717) is 5.56 Å². The number of aromatic carboxylic acids is 1. The van der Waals surface area contributed by atoms with Gasteiger partial charge in [0.25, 0.3) is 0 Å². The van der Waals surface area contributed by atoms with Gasteiger partial charge in [0, 0.05) is 12.8 Å². The molecule has 19 heavy (non-hydrogen) atoms. The third-order valence-electron chi connectivity index (χ3n) is 3.25. The van der Waals surface area contributed by atoms with E-state index in [1.54, 1.807) is 19.1 Å². The van der Waals surface area contributed by atoms with Gasteiger partial charge in [-0.1, -0.05) is 19.1 Å². The van der Waals surface area contributed by atoms with Crippen molar-refractivity contribution in [3.8, 4) is 0 Å². The Labute approximate surface area is 110 Å². The normalized spacial score (nSPS) is 16.8. The first-order chi connectivity index (χ1) is 8.91. The molecule has 0 radical (unpaired) electrons. The largest absolute Gasteiger partial charge is 0.478 e. The van der Waals surface area contributed by atoms with Gasteiger partial charge in [-0.15, -0.1) is 0 Å². The van der Waals surface area contributed by atoms with Crippen molar-refractivity contribution < 1.29 is 19.5 Å². The summed E-state index contributed by atoms with van der Waals surface area (Å²) < 4.78 is 0. The SMILES string of the molecule is Cc1cccc(N2C(=O)CC(C)CC2=O)c1C(=O)O. The fourth-order valence-corrected chi connectivity index (χ4v) is 2.38. The van der Waals surface area contributed by atoms with Gasteiger partial charge in [-0.25, -0.2) is 9.69 Å². The number of carboxylic acid groups (broad SMARTS) is 1. The van der Waals surface area contributed by atoms with E-state index >= 15 is 0 Å². The molecule has 1 aromatic carbocycles. The molecule has 100 valence electrons. The summed E-state index contributed by atoms with van der Waals surface area (Å²) in [5.41, 5.74) is 0.720. The summed E-state index contributed by atoms with van der Waals surface area (Å²) in [7, 11) is 0. The molecule has 1 aromatic rings. The number of carboxylic acids is 1. The predicted molar refractivity (Wildman–Crippen MR) is 69.0 cm³/mol. The minimum absolute atomic E-state index is 0.00865. The molecule has 0 aromatic heterocycles. The number of hydrogen-bond acceptors (Lipinski definition) is 3. The van der Waals surface area contributed by atoms with Crippen LogP contribution in [0.3, 0.4) is 0 Å². The van der Waals surface area contributed by atoms with Crippen LogP contribution in [0.2, 0.25) is 0 Å². The first-order valence-electron chi connectivity index (χ1n) is 6.10. The van der Waals surface area contributed by atoms with Gasteiger partial charge < -0.3 is 5.11 Å². The molecule has 0 aliphatic carbocycles. The average Bonchev–Trinajstić information content (AvgIpc) is 2.26. The molecule has 1 aliphatic heterocycles. The average molecular weight is 261 g/mol. The highest BCUT2D eigenvalue weighted by atomic mass is 16.4. The number of imide groups is 1. The Kier molecular flexibility index (Phi) is 3.38. The topological polar surface area (TPSA) is 74.7 Å². The summed E-state index contributed by atoms with van der Waals surface area (Å²) in [5.74, 6) is -1.80. The molecule has 1 N–H and O–H groups in total. The number of anilines is 1. The summed E-state index contributed by atoms with van der Waals surface area (Å²) in [6, 6.07) is 4.80. The standard InChI is InChI=1S/C14H15NO4/c1-8-6-11(16)15(12(17)7-8)10-5-3-4-9(2)13(10)14(18)19/h3-5,8H,6-7H2,1-2H3,(H,18,19). The first kappa shape index (κ1) is 13.3.